The average molecular weight is 197 g/mol. The second kappa shape index (κ2) is 4.33. The topological polar surface area (TPSA) is 89.7 Å². The number of aliphatic hydroxyl groups excluding tert-OH is 1. The van der Waals surface area contributed by atoms with Crippen molar-refractivity contribution >= 4 is 12.0 Å². The minimum Gasteiger partial charge on any atom is -0.467 e. The van der Waals surface area contributed by atoms with E-state index in [4.69, 9.17) is 5.11 Å². The number of hydrogen-bond donors (Lipinski definition) is 1. The van der Waals surface area contributed by atoms with Gasteiger partial charge in [-0.2, -0.15) is 0 Å². The number of nitro benzene ring substituents is 1. The van der Waals surface area contributed by atoms with Crippen LogP contribution in [0.4, 0.5) is 5.69 Å². The van der Waals surface area contributed by atoms with Crippen molar-refractivity contribution in [3.8, 4) is 5.75 Å². The average Bonchev–Trinajstić information content (AvgIpc) is 2.18. The van der Waals surface area contributed by atoms with Gasteiger partial charge in [-0.3, -0.25) is 14.9 Å². The number of ether oxygens (including phenoxy) is 1. The maximum Gasteiger partial charge on any atom is 0.273 e. The molecule has 74 valence electrons. The molecule has 6 nitrogen and oxygen atoms in total. The highest BCUT2D eigenvalue weighted by Crippen LogP contribution is 2.23. The molecule has 0 heterocycles. The van der Waals surface area contributed by atoms with E-state index in [0.29, 0.717) is 6.29 Å². The lowest BCUT2D eigenvalue weighted by molar-refractivity contribution is -0.384. The summed E-state index contributed by atoms with van der Waals surface area (Å²) in [4.78, 5) is 20.2. The molecule has 0 aromatic heterocycles. The Morgan fingerprint density at radius 1 is 1.57 bits per heavy atom. The van der Waals surface area contributed by atoms with E-state index >= 15 is 0 Å². The van der Waals surface area contributed by atoms with Gasteiger partial charge >= 0.3 is 0 Å². The molecule has 0 saturated heterocycles. The number of non-ortho nitro benzene ring substituents is 1. The highest BCUT2D eigenvalue weighted by molar-refractivity contribution is 5.80. The van der Waals surface area contributed by atoms with Gasteiger partial charge in [0.15, 0.2) is 13.1 Å². The van der Waals surface area contributed by atoms with Crippen molar-refractivity contribution in [2.24, 2.45) is 0 Å². The molecule has 1 aromatic carbocycles. The van der Waals surface area contributed by atoms with E-state index < -0.39 is 11.7 Å². The number of benzene rings is 1. The van der Waals surface area contributed by atoms with Crippen molar-refractivity contribution in [1.29, 1.82) is 0 Å². The SMILES string of the molecule is O=Cc1ccc([N+](=O)[O-])cc1OCO. The number of aliphatic hydroxyl groups is 1. The van der Waals surface area contributed by atoms with E-state index in [1.54, 1.807) is 0 Å². The quantitative estimate of drug-likeness (QED) is 0.332. The zero-order valence-electron chi connectivity index (χ0n) is 7.04. The van der Waals surface area contributed by atoms with Crippen molar-refractivity contribution in [3.05, 3.63) is 33.9 Å². The fourth-order valence-corrected chi connectivity index (χ4v) is 0.929. The van der Waals surface area contributed by atoms with E-state index in [9.17, 15) is 14.9 Å². The molecule has 0 radical (unpaired) electrons. The summed E-state index contributed by atoms with van der Waals surface area (Å²) >= 11 is 0. The van der Waals surface area contributed by atoms with Crippen molar-refractivity contribution in [1.82, 2.24) is 0 Å². The summed E-state index contributed by atoms with van der Waals surface area (Å²) in [6.07, 6.45) is 0.495. The minimum atomic E-state index is -0.637. The smallest absolute Gasteiger partial charge is 0.273 e. The molecule has 14 heavy (non-hydrogen) atoms. The summed E-state index contributed by atoms with van der Waals surface area (Å²) < 4.78 is 4.64. The molecule has 0 aliphatic carbocycles. The maximum absolute atomic E-state index is 10.5. The van der Waals surface area contributed by atoms with Crippen LogP contribution in [-0.4, -0.2) is 23.1 Å². The van der Waals surface area contributed by atoms with Crippen LogP contribution in [0.5, 0.6) is 5.75 Å². The van der Waals surface area contributed by atoms with E-state index in [-0.39, 0.29) is 17.0 Å². The van der Waals surface area contributed by atoms with Crippen molar-refractivity contribution in [3.63, 3.8) is 0 Å². The Bertz CT molecular complexity index is 363. The number of rotatable bonds is 4. The van der Waals surface area contributed by atoms with Crippen molar-refractivity contribution < 1.29 is 19.6 Å². The number of aldehydes is 1. The molecule has 0 fully saturated rings. The third-order valence-corrected chi connectivity index (χ3v) is 1.55. The van der Waals surface area contributed by atoms with Crippen LogP contribution in [-0.2, 0) is 0 Å². The van der Waals surface area contributed by atoms with Gasteiger partial charge in [0.25, 0.3) is 5.69 Å². The minimum absolute atomic E-state index is 0.00306. The Balaban J connectivity index is 3.13. The molecule has 1 N–H and O–H groups in total. The predicted molar refractivity (Wildman–Crippen MR) is 46.2 cm³/mol. The Morgan fingerprint density at radius 3 is 2.79 bits per heavy atom. The van der Waals surface area contributed by atoms with Crippen LogP contribution in [0, 0.1) is 10.1 Å². The zero-order chi connectivity index (χ0) is 10.6. The van der Waals surface area contributed by atoms with Gasteiger partial charge in [-0.05, 0) is 6.07 Å². The monoisotopic (exact) mass is 197 g/mol. The molecule has 0 aliphatic rings. The number of carbonyl (C=O) groups is 1. The summed E-state index contributed by atoms with van der Waals surface area (Å²) in [5, 5.41) is 18.8. The Hall–Kier alpha value is -1.95. The summed E-state index contributed by atoms with van der Waals surface area (Å²) in [6, 6.07) is 3.53. The van der Waals surface area contributed by atoms with Gasteiger partial charge in [0.05, 0.1) is 16.6 Å². The van der Waals surface area contributed by atoms with E-state index in [2.05, 4.69) is 4.74 Å². The fourth-order valence-electron chi connectivity index (χ4n) is 0.929. The maximum atomic E-state index is 10.5. The van der Waals surface area contributed by atoms with Crippen LogP contribution < -0.4 is 4.74 Å². The predicted octanol–water partition coefficient (Wildman–Crippen LogP) is 0.736. The normalized spacial score (nSPS) is 9.50. The number of hydrogen-bond acceptors (Lipinski definition) is 5. The second-order valence-electron chi connectivity index (χ2n) is 2.37. The van der Waals surface area contributed by atoms with Crippen LogP contribution >= 0.6 is 0 Å². The number of carbonyl (C=O) groups excluding carboxylic acids is 1. The first-order chi connectivity index (χ1) is 6.69. The molecule has 0 amide bonds. The van der Waals surface area contributed by atoms with Gasteiger partial charge in [-0.15, -0.1) is 0 Å². The van der Waals surface area contributed by atoms with Gasteiger partial charge in [-0.1, -0.05) is 0 Å². The molecule has 1 rings (SSSR count). The summed E-state index contributed by atoms with van der Waals surface area (Å²) in [6.45, 7) is -0.637. The fraction of sp³-hybridized carbons (Fsp3) is 0.125. The zero-order valence-corrected chi connectivity index (χ0v) is 7.04. The summed E-state index contributed by atoms with van der Waals surface area (Å²) in [7, 11) is 0. The first kappa shape index (κ1) is 10.1. The first-order valence-electron chi connectivity index (χ1n) is 3.66. The Morgan fingerprint density at radius 2 is 2.29 bits per heavy atom. The van der Waals surface area contributed by atoms with E-state index in [1.165, 1.54) is 12.1 Å². The molecular formula is C8H7NO5. The largest absolute Gasteiger partial charge is 0.467 e. The second-order valence-corrected chi connectivity index (χ2v) is 2.37. The number of nitrogens with zero attached hydrogens (tertiary/aromatic N) is 1. The standard InChI is InChI=1S/C8H7NO5/c10-4-6-1-2-7(9(12)13)3-8(6)14-5-11/h1-4,11H,5H2. The molecule has 0 unspecified atom stereocenters. The van der Waals surface area contributed by atoms with Crippen LogP contribution in [0.1, 0.15) is 10.4 Å². The van der Waals surface area contributed by atoms with Crippen LogP contribution in [0.25, 0.3) is 0 Å². The molecular weight excluding hydrogens is 190 g/mol. The van der Waals surface area contributed by atoms with E-state index in [1.807, 2.05) is 0 Å². The third-order valence-electron chi connectivity index (χ3n) is 1.55. The lowest BCUT2D eigenvalue weighted by Gasteiger charge is -2.03. The van der Waals surface area contributed by atoms with Gasteiger partial charge in [-0.25, -0.2) is 0 Å². The molecule has 0 atom stereocenters. The number of nitro groups is 1. The molecule has 1 aromatic rings. The Kier molecular flexibility index (Phi) is 3.14. The summed E-state index contributed by atoms with van der Waals surface area (Å²) in [5.74, 6) is -0.00306. The van der Waals surface area contributed by atoms with Gasteiger partial charge in [0.1, 0.15) is 5.75 Å². The molecule has 6 heteroatoms. The lowest BCUT2D eigenvalue weighted by Crippen LogP contribution is -1.99. The lowest BCUT2D eigenvalue weighted by atomic mass is 10.2. The first-order valence-corrected chi connectivity index (χ1v) is 3.66. The van der Waals surface area contributed by atoms with Gasteiger partial charge in [0, 0.05) is 6.07 Å². The highest BCUT2D eigenvalue weighted by Gasteiger charge is 2.10. The van der Waals surface area contributed by atoms with E-state index in [0.717, 1.165) is 6.07 Å². The summed E-state index contributed by atoms with van der Waals surface area (Å²) in [5.41, 5.74) is -0.0382. The van der Waals surface area contributed by atoms with Crippen molar-refractivity contribution in [2.45, 2.75) is 0 Å². The van der Waals surface area contributed by atoms with Crippen LogP contribution in [0.15, 0.2) is 18.2 Å². The molecule has 0 aliphatic heterocycles. The molecule has 0 spiro atoms. The van der Waals surface area contributed by atoms with Gasteiger partial charge < -0.3 is 9.84 Å². The molecule has 0 bridgehead atoms. The highest BCUT2D eigenvalue weighted by atomic mass is 16.6. The van der Waals surface area contributed by atoms with Crippen LogP contribution in [0.2, 0.25) is 0 Å². The third kappa shape index (κ3) is 2.05. The Labute approximate surface area is 78.9 Å². The van der Waals surface area contributed by atoms with Crippen molar-refractivity contribution in [2.75, 3.05) is 6.79 Å². The molecule has 0 saturated carbocycles. The van der Waals surface area contributed by atoms with Gasteiger partial charge in [0.2, 0.25) is 0 Å². The van der Waals surface area contributed by atoms with Crippen LogP contribution in [0.3, 0.4) is 0 Å².